The largest absolute Gasteiger partial charge is 0.381 e. The molecule has 1 heterocycles. The zero-order valence-electron chi connectivity index (χ0n) is 9.72. The van der Waals surface area contributed by atoms with Crippen LogP contribution in [0.4, 0.5) is 0 Å². The van der Waals surface area contributed by atoms with Gasteiger partial charge in [0.05, 0.1) is 6.07 Å². The van der Waals surface area contributed by atoms with Gasteiger partial charge in [-0.05, 0) is 19.3 Å². The third-order valence-corrected chi connectivity index (χ3v) is 5.24. The van der Waals surface area contributed by atoms with Crippen molar-refractivity contribution in [3.8, 4) is 6.07 Å². The van der Waals surface area contributed by atoms with Crippen LogP contribution in [-0.2, 0) is 14.8 Å². The Labute approximate surface area is 97.0 Å². The molecule has 16 heavy (non-hydrogen) atoms. The van der Waals surface area contributed by atoms with Crippen LogP contribution in [-0.4, -0.2) is 44.3 Å². The smallest absolute Gasteiger partial charge is 0.230 e. The molecular formula is C10H18N2O3S. The summed E-state index contributed by atoms with van der Waals surface area (Å²) < 4.78 is 30.7. The highest BCUT2D eigenvalue weighted by Crippen LogP contribution is 2.19. The Morgan fingerprint density at radius 1 is 1.50 bits per heavy atom. The molecule has 6 heteroatoms. The van der Waals surface area contributed by atoms with Crippen molar-refractivity contribution < 1.29 is 13.2 Å². The highest BCUT2D eigenvalue weighted by Gasteiger charge is 2.33. The minimum atomic E-state index is -3.48. The van der Waals surface area contributed by atoms with E-state index >= 15 is 0 Å². The van der Waals surface area contributed by atoms with E-state index in [-0.39, 0.29) is 6.04 Å². The molecule has 0 amide bonds. The minimum absolute atomic E-state index is 0.0267. The summed E-state index contributed by atoms with van der Waals surface area (Å²) in [5, 5.41) is 7.90. The maximum absolute atomic E-state index is 12.1. The van der Waals surface area contributed by atoms with Crippen molar-refractivity contribution in [3.63, 3.8) is 0 Å². The van der Waals surface area contributed by atoms with E-state index in [1.807, 2.05) is 6.07 Å². The van der Waals surface area contributed by atoms with Crippen molar-refractivity contribution in [2.45, 2.75) is 37.5 Å². The fraction of sp³-hybridized carbons (Fsp3) is 0.900. The van der Waals surface area contributed by atoms with Gasteiger partial charge in [0, 0.05) is 26.3 Å². The summed E-state index contributed by atoms with van der Waals surface area (Å²) in [5.74, 6) is 0. The number of sulfonamides is 1. The van der Waals surface area contributed by atoms with Crippen LogP contribution in [0.2, 0.25) is 0 Å². The van der Waals surface area contributed by atoms with Crippen LogP contribution in [0.5, 0.6) is 0 Å². The highest BCUT2D eigenvalue weighted by atomic mass is 32.2. The van der Waals surface area contributed by atoms with Gasteiger partial charge in [-0.25, -0.2) is 12.7 Å². The van der Waals surface area contributed by atoms with Crippen molar-refractivity contribution in [2.75, 3.05) is 20.3 Å². The molecule has 0 spiro atoms. The molecule has 0 radical (unpaired) electrons. The van der Waals surface area contributed by atoms with Gasteiger partial charge < -0.3 is 4.74 Å². The third-order valence-electron chi connectivity index (χ3n) is 2.98. The molecule has 1 rings (SSSR count). The fourth-order valence-electron chi connectivity index (χ4n) is 1.83. The van der Waals surface area contributed by atoms with Crippen molar-refractivity contribution in [1.82, 2.24) is 4.31 Å². The molecule has 0 N–H and O–H groups in total. The number of ether oxygens (including phenoxy) is 1. The summed E-state index contributed by atoms with van der Waals surface area (Å²) in [7, 11) is -1.92. The van der Waals surface area contributed by atoms with Gasteiger partial charge in [-0.1, -0.05) is 6.92 Å². The van der Waals surface area contributed by atoms with E-state index in [1.165, 1.54) is 4.31 Å². The molecule has 0 saturated carbocycles. The van der Waals surface area contributed by atoms with Crippen molar-refractivity contribution in [3.05, 3.63) is 0 Å². The third kappa shape index (κ3) is 2.73. The molecule has 1 aliphatic rings. The van der Waals surface area contributed by atoms with Gasteiger partial charge in [0.25, 0.3) is 0 Å². The van der Waals surface area contributed by atoms with Crippen molar-refractivity contribution >= 4 is 10.0 Å². The molecule has 1 saturated heterocycles. The predicted molar refractivity (Wildman–Crippen MR) is 60.2 cm³/mol. The first kappa shape index (κ1) is 13.4. The molecule has 92 valence electrons. The minimum Gasteiger partial charge on any atom is -0.381 e. The Bertz CT molecular complexity index is 355. The van der Waals surface area contributed by atoms with E-state index in [0.29, 0.717) is 32.5 Å². The molecule has 1 unspecified atom stereocenters. The monoisotopic (exact) mass is 246 g/mol. The molecule has 1 fully saturated rings. The fourth-order valence-corrected chi connectivity index (χ4v) is 3.41. The van der Waals surface area contributed by atoms with Gasteiger partial charge in [-0.2, -0.15) is 5.26 Å². The van der Waals surface area contributed by atoms with Gasteiger partial charge >= 0.3 is 0 Å². The molecule has 0 aliphatic carbocycles. The van der Waals surface area contributed by atoms with Crippen LogP contribution in [0, 0.1) is 11.3 Å². The van der Waals surface area contributed by atoms with Crippen LogP contribution in [0.15, 0.2) is 0 Å². The Morgan fingerprint density at radius 3 is 2.50 bits per heavy atom. The highest BCUT2D eigenvalue weighted by molar-refractivity contribution is 7.90. The number of hydrogen-bond donors (Lipinski definition) is 0. The first-order valence-electron chi connectivity index (χ1n) is 5.48. The standard InChI is InChI=1S/C10H18N2O3S/c1-3-10(8-11)16(13,14)12(2)9-4-6-15-7-5-9/h9-10H,3-7H2,1-2H3. The Kier molecular flexibility index (Phi) is 4.71. The zero-order chi connectivity index (χ0) is 12.2. The maximum atomic E-state index is 12.1. The summed E-state index contributed by atoms with van der Waals surface area (Å²) in [4.78, 5) is 0. The van der Waals surface area contributed by atoms with Gasteiger partial charge in [0.2, 0.25) is 10.0 Å². The number of nitriles is 1. The first-order valence-corrected chi connectivity index (χ1v) is 6.98. The first-order chi connectivity index (χ1) is 7.54. The van der Waals surface area contributed by atoms with E-state index in [4.69, 9.17) is 10.00 Å². The lowest BCUT2D eigenvalue weighted by atomic mass is 10.1. The van der Waals surface area contributed by atoms with Crippen LogP contribution in [0.1, 0.15) is 26.2 Å². The molecule has 0 aromatic heterocycles. The van der Waals surface area contributed by atoms with Gasteiger partial charge in [-0.15, -0.1) is 0 Å². The molecule has 0 aromatic rings. The van der Waals surface area contributed by atoms with E-state index < -0.39 is 15.3 Å². The lowest BCUT2D eigenvalue weighted by Gasteiger charge is -2.31. The quantitative estimate of drug-likeness (QED) is 0.733. The van der Waals surface area contributed by atoms with E-state index in [9.17, 15) is 8.42 Å². The summed E-state index contributed by atoms with van der Waals surface area (Å²) in [6.07, 6.45) is 1.74. The van der Waals surface area contributed by atoms with Gasteiger partial charge in [0.1, 0.15) is 0 Å². The van der Waals surface area contributed by atoms with Crippen LogP contribution >= 0.6 is 0 Å². The van der Waals surface area contributed by atoms with E-state index in [0.717, 1.165) is 0 Å². The van der Waals surface area contributed by atoms with E-state index in [1.54, 1.807) is 14.0 Å². The Morgan fingerprint density at radius 2 is 2.06 bits per heavy atom. The van der Waals surface area contributed by atoms with Crippen molar-refractivity contribution in [2.24, 2.45) is 0 Å². The number of rotatable bonds is 4. The maximum Gasteiger partial charge on any atom is 0.230 e. The molecule has 5 nitrogen and oxygen atoms in total. The van der Waals surface area contributed by atoms with Crippen LogP contribution < -0.4 is 0 Å². The summed E-state index contributed by atoms with van der Waals surface area (Å²) in [6, 6.07) is 1.82. The molecule has 0 bridgehead atoms. The molecule has 0 aromatic carbocycles. The second-order valence-electron chi connectivity index (χ2n) is 3.93. The second-order valence-corrected chi connectivity index (χ2v) is 6.11. The normalized spacial score (nSPS) is 20.6. The Balaban J connectivity index is 2.78. The summed E-state index contributed by atoms with van der Waals surface area (Å²) in [6.45, 7) is 2.89. The van der Waals surface area contributed by atoms with Gasteiger partial charge in [-0.3, -0.25) is 0 Å². The number of hydrogen-bond acceptors (Lipinski definition) is 4. The number of nitrogens with zero attached hydrogens (tertiary/aromatic N) is 2. The van der Waals surface area contributed by atoms with Crippen LogP contribution in [0.3, 0.4) is 0 Å². The topological polar surface area (TPSA) is 70.4 Å². The lowest BCUT2D eigenvalue weighted by Crippen LogP contribution is -2.44. The predicted octanol–water partition coefficient (Wildman–Crippen LogP) is 0.729. The van der Waals surface area contributed by atoms with Gasteiger partial charge in [0.15, 0.2) is 5.25 Å². The van der Waals surface area contributed by atoms with E-state index in [2.05, 4.69) is 0 Å². The molecule has 1 atom stereocenters. The second kappa shape index (κ2) is 5.62. The zero-order valence-corrected chi connectivity index (χ0v) is 10.5. The SMILES string of the molecule is CCC(C#N)S(=O)(=O)N(C)C1CCOCC1. The average Bonchev–Trinajstić information content (AvgIpc) is 2.30. The Hall–Kier alpha value is -0.640. The molecular weight excluding hydrogens is 228 g/mol. The lowest BCUT2D eigenvalue weighted by molar-refractivity contribution is 0.0631. The summed E-state index contributed by atoms with van der Waals surface area (Å²) in [5.41, 5.74) is 0. The average molecular weight is 246 g/mol. The van der Waals surface area contributed by atoms with Crippen molar-refractivity contribution in [1.29, 1.82) is 5.26 Å². The summed E-state index contributed by atoms with van der Waals surface area (Å²) >= 11 is 0. The van der Waals surface area contributed by atoms with Crippen LogP contribution in [0.25, 0.3) is 0 Å². The molecule has 1 aliphatic heterocycles.